The van der Waals surface area contributed by atoms with E-state index in [0.29, 0.717) is 0 Å². The summed E-state index contributed by atoms with van der Waals surface area (Å²) >= 11 is 3.04. The SMILES string of the molecule is COC(=O)c1cc(Br)c(=O)n([C@@H](Cc2ccccc2)C(=O)[O-])c1. The van der Waals surface area contributed by atoms with Crippen molar-refractivity contribution in [2.75, 3.05) is 7.11 Å². The molecule has 1 aromatic carbocycles. The predicted octanol–water partition coefficient (Wildman–Crippen LogP) is 0.931. The molecule has 0 aliphatic heterocycles. The molecule has 0 amide bonds. The van der Waals surface area contributed by atoms with Crippen molar-refractivity contribution in [1.29, 1.82) is 0 Å². The quantitative estimate of drug-likeness (QED) is 0.722. The Morgan fingerprint density at radius 1 is 1.30 bits per heavy atom. The summed E-state index contributed by atoms with van der Waals surface area (Å²) in [6, 6.07) is 8.89. The van der Waals surface area contributed by atoms with E-state index < -0.39 is 23.5 Å². The maximum atomic E-state index is 12.2. The van der Waals surface area contributed by atoms with E-state index in [9.17, 15) is 19.5 Å². The summed E-state index contributed by atoms with van der Waals surface area (Å²) in [6.45, 7) is 0. The molecule has 7 heteroatoms. The van der Waals surface area contributed by atoms with Crippen molar-refractivity contribution >= 4 is 27.9 Å². The lowest BCUT2D eigenvalue weighted by molar-refractivity contribution is -0.310. The highest BCUT2D eigenvalue weighted by molar-refractivity contribution is 9.10. The van der Waals surface area contributed by atoms with Crippen molar-refractivity contribution in [2.45, 2.75) is 12.5 Å². The fourth-order valence-corrected chi connectivity index (χ4v) is 2.61. The van der Waals surface area contributed by atoms with Gasteiger partial charge in [-0.05, 0) is 34.0 Å². The Morgan fingerprint density at radius 2 is 1.96 bits per heavy atom. The van der Waals surface area contributed by atoms with Gasteiger partial charge < -0.3 is 19.2 Å². The standard InChI is InChI=1S/C16H14BrNO5/c1-23-16(22)11-8-12(17)14(19)18(9-11)13(15(20)21)7-10-5-3-2-4-6-10/h2-6,8-9,13H,7H2,1H3,(H,20,21)/p-1/t13-/m0/s1. The van der Waals surface area contributed by atoms with Gasteiger partial charge in [-0.2, -0.15) is 0 Å². The molecular formula is C16H13BrNO5-. The maximum Gasteiger partial charge on any atom is 0.339 e. The van der Waals surface area contributed by atoms with Gasteiger partial charge in [-0.25, -0.2) is 4.79 Å². The highest BCUT2D eigenvalue weighted by Gasteiger charge is 2.19. The largest absolute Gasteiger partial charge is 0.548 e. The van der Waals surface area contributed by atoms with Crippen LogP contribution in [-0.2, 0) is 16.0 Å². The summed E-state index contributed by atoms with van der Waals surface area (Å²) in [6.07, 6.45) is 1.22. The van der Waals surface area contributed by atoms with Gasteiger partial charge in [0.25, 0.3) is 5.56 Å². The van der Waals surface area contributed by atoms with Gasteiger partial charge in [0.15, 0.2) is 0 Å². The van der Waals surface area contributed by atoms with Gasteiger partial charge in [-0.3, -0.25) is 4.79 Å². The first-order valence-corrected chi connectivity index (χ1v) is 7.48. The zero-order chi connectivity index (χ0) is 17.0. The molecule has 0 spiro atoms. The number of carbonyl (C=O) groups is 2. The van der Waals surface area contributed by atoms with Gasteiger partial charge in [-0.15, -0.1) is 0 Å². The van der Waals surface area contributed by atoms with Crippen LogP contribution in [0.4, 0.5) is 0 Å². The molecule has 2 rings (SSSR count). The number of carboxylic acid groups (broad SMARTS) is 1. The van der Waals surface area contributed by atoms with Crippen molar-refractivity contribution < 1.29 is 19.4 Å². The summed E-state index contributed by atoms with van der Waals surface area (Å²) in [7, 11) is 1.20. The molecule has 1 atom stereocenters. The van der Waals surface area contributed by atoms with E-state index in [1.807, 2.05) is 0 Å². The van der Waals surface area contributed by atoms with E-state index >= 15 is 0 Å². The summed E-state index contributed by atoms with van der Waals surface area (Å²) in [5.41, 5.74) is 0.231. The van der Waals surface area contributed by atoms with Crippen molar-refractivity contribution in [1.82, 2.24) is 4.57 Å². The molecule has 0 N–H and O–H groups in total. The van der Waals surface area contributed by atoms with E-state index in [1.54, 1.807) is 30.3 Å². The molecule has 0 saturated heterocycles. The lowest BCUT2D eigenvalue weighted by atomic mass is 10.1. The zero-order valence-corrected chi connectivity index (χ0v) is 13.8. The Bertz CT molecular complexity index is 785. The van der Waals surface area contributed by atoms with Crippen molar-refractivity contribution in [2.24, 2.45) is 0 Å². The molecule has 0 aliphatic carbocycles. The molecule has 0 unspecified atom stereocenters. The van der Waals surface area contributed by atoms with Gasteiger partial charge in [0, 0.05) is 6.20 Å². The number of ether oxygens (including phenoxy) is 1. The summed E-state index contributed by atoms with van der Waals surface area (Å²) in [4.78, 5) is 35.4. The van der Waals surface area contributed by atoms with Gasteiger partial charge in [0.05, 0.1) is 29.2 Å². The normalized spacial score (nSPS) is 11.7. The molecular weight excluding hydrogens is 366 g/mol. The number of hydrogen-bond donors (Lipinski definition) is 0. The predicted molar refractivity (Wildman–Crippen MR) is 83.9 cm³/mol. The number of rotatable bonds is 5. The number of pyridine rings is 1. The van der Waals surface area contributed by atoms with E-state index in [1.165, 1.54) is 19.4 Å². The number of hydrogen-bond acceptors (Lipinski definition) is 5. The summed E-state index contributed by atoms with van der Waals surface area (Å²) in [5, 5.41) is 11.5. The third-order valence-corrected chi connectivity index (χ3v) is 3.87. The van der Waals surface area contributed by atoms with Crippen LogP contribution in [0.5, 0.6) is 0 Å². The molecule has 1 aromatic heterocycles. The number of carboxylic acids is 1. The van der Waals surface area contributed by atoms with Crippen LogP contribution in [0, 0.1) is 0 Å². The smallest absolute Gasteiger partial charge is 0.339 e. The van der Waals surface area contributed by atoms with E-state index in [-0.39, 0.29) is 16.5 Å². The average Bonchev–Trinajstić information content (AvgIpc) is 2.55. The number of benzene rings is 1. The maximum absolute atomic E-state index is 12.2. The molecule has 0 aliphatic rings. The number of carbonyl (C=O) groups excluding carboxylic acids is 2. The number of aliphatic carboxylic acids is 1. The molecule has 120 valence electrons. The van der Waals surface area contributed by atoms with Crippen LogP contribution in [0.1, 0.15) is 22.0 Å². The number of methoxy groups -OCH3 is 1. The van der Waals surface area contributed by atoms with Crippen LogP contribution in [0.25, 0.3) is 0 Å². The lowest BCUT2D eigenvalue weighted by Gasteiger charge is -2.22. The molecule has 0 radical (unpaired) electrons. The van der Waals surface area contributed by atoms with Crippen molar-refractivity contribution in [3.63, 3.8) is 0 Å². The topological polar surface area (TPSA) is 88.4 Å². The third kappa shape index (κ3) is 3.87. The van der Waals surface area contributed by atoms with Crippen molar-refractivity contribution in [3.8, 4) is 0 Å². The van der Waals surface area contributed by atoms with Crippen LogP contribution >= 0.6 is 15.9 Å². The second kappa shape index (κ2) is 7.23. The monoisotopic (exact) mass is 378 g/mol. The Balaban J connectivity index is 2.51. The third-order valence-electron chi connectivity index (χ3n) is 3.30. The molecule has 6 nitrogen and oxygen atoms in total. The van der Waals surface area contributed by atoms with E-state index in [0.717, 1.165) is 10.1 Å². The minimum atomic E-state index is -1.41. The van der Waals surface area contributed by atoms with Crippen LogP contribution in [0.3, 0.4) is 0 Å². The second-order valence-electron chi connectivity index (χ2n) is 4.81. The first-order valence-electron chi connectivity index (χ1n) is 6.69. The van der Waals surface area contributed by atoms with Gasteiger partial charge >= 0.3 is 5.97 Å². The first kappa shape index (κ1) is 17.0. The highest BCUT2D eigenvalue weighted by atomic mass is 79.9. The Labute approximate surface area is 140 Å². The Kier molecular flexibility index (Phi) is 5.33. The van der Waals surface area contributed by atoms with Gasteiger partial charge in [-0.1, -0.05) is 30.3 Å². The van der Waals surface area contributed by atoms with Crippen LogP contribution in [0.15, 0.2) is 51.9 Å². The molecule has 1 heterocycles. The van der Waals surface area contributed by atoms with Crippen LogP contribution in [-0.4, -0.2) is 23.6 Å². The number of esters is 1. The summed E-state index contributed by atoms with van der Waals surface area (Å²) < 4.78 is 5.65. The molecule has 2 aromatic rings. The highest BCUT2D eigenvalue weighted by Crippen LogP contribution is 2.16. The van der Waals surface area contributed by atoms with Crippen LogP contribution < -0.4 is 10.7 Å². The van der Waals surface area contributed by atoms with Gasteiger partial charge in [0.2, 0.25) is 0 Å². The fourth-order valence-electron chi connectivity index (χ4n) is 2.16. The number of halogens is 1. The summed E-state index contributed by atoms with van der Waals surface area (Å²) in [5.74, 6) is -2.08. The fraction of sp³-hybridized carbons (Fsp3) is 0.188. The number of aromatic nitrogens is 1. The minimum absolute atomic E-state index is 0.0557. The average molecular weight is 379 g/mol. The van der Waals surface area contributed by atoms with Crippen molar-refractivity contribution in [3.05, 3.63) is 68.5 Å². The zero-order valence-electron chi connectivity index (χ0n) is 12.2. The molecule has 0 saturated carbocycles. The lowest BCUT2D eigenvalue weighted by Crippen LogP contribution is -2.39. The second-order valence-corrected chi connectivity index (χ2v) is 5.66. The van der Waals surface area contributed by atoms with Gasteiger partial charge in [0.1, 0.15) is 0 Å². The minimum Gasteiger partial charge on any atom is -0.548 e. The molecule has 0 fully saturated rings. The number of nitrogens with zero attached hydrogens (tertiary/aromatic N) is 1. The molecule has 23 heavy (non-hydrogen) atoms. The van der Waals surface area contributed by atoms with E-state index in [2.05, 4.69) is 20.7 Å². The Hall–Kier alpha value is -2.41. The van der Waals surface area contributed by atoms with E-state index in [4.69, 9.17) is 0 Å². The van der Waals surface area contributed by atoms with Crippen LogP contribution in [0.2, 0.25) is 0 Å². The molecule has 0 bridgehead atoms. The first-order chi connectivity index (χ1) is 10.9. The Morgan fingerprint density at radius 3 is 2.52 bits per heavy atom.